The molecular formula is C29H42F3NO9. The van der Waals surface area contributed by atoms with Crippen LogP contribution in [0, 0.1) is 11.8 Å². The van der Waals surface area contributed by atoms with Crippen molar-refractivity contribution in [3.05, 3.63) is 54.1 Å². The van der Waals surface area contributed by atoms with Gasteiger partial charge in [0.1, 0.15) is 18.5 Å². The molecule has 1 aromatic rings. The van der Waals surface area contributed by atoms with Gasteiger partial charge in [-0.1, -0.05) is 36.8 Å². The van der Waals surface area contributed by atoms with Crippen molar-refractivity contribution in [2.75, 3.05) is 19.8 Å². The lowest BCUT2D eigenvalue weighted by Crippen LogP contribution is -2.21. The highest BCUT2D eigenvalue weighted by molar-refractivity contribution is 5.69. The number of allylic oxidation sites excluding steroid dienone is 2. The Morgan fingerprint density at radius 1 is 1.05 bits per heavy atom. The Morgan fingerprint density at radius 2 is 1.79 bits per heavy atom. The lowest BCUT2D eigenvalue weighted by atomic mass is 9.89. The SMILES string of the molecule is O=C(CCC/C=C\C[C@@H]1[C@@H](/C=C/[C@@H](O)COc2cccc(C(F)(F)F)c2)[C@H](O)C[C@@H]1O)OCCCCCCON(O)O. The van der Waals surface area contributed by atoms with Crippen LogP contribution in [-0.2, 0) is 20.5 Å². The lowest BCUT2D eigenvalue weighted by Gasteiger charge is -2.19. The molecule has 0 amide bonds. The largest absolute Gasteiger partial charge is 0.491 e. The van der Waals surface area contributed by atoms with Gasteiger partial charge < -0.3 is 24.8 Å². The number of rotatable bonds is 19. The van der Waals surface area contributed by atoms with Crippen molar-refractivity contribution in [2.24, 2.45) is 11.8 Å². The van der Waals surface area contributed by atoms with Gasteiger partial charge in [-0.2, -0.15) is 13.2 Å². The van der Waals surface area contributed by atoms with E-state index in [0.717, 1.165) is 25.0 Å². The molecular weight excluding hydrogens is 563 g/mol. The molecule has 1 aromatic carbocycles. The maximum absolute atomic E-state index is 12.9. The van der Waals surface area contributed by atoms with Gasteiger partial charge in [-0.05, 0) is 62.6 Å². The van der Waals surface area contributed by atoms with E-state index >= 15 is 0 Å². The summed E-state index contributed by atoms with van der Waals surface area (Å²) in [6.45, 7) is 0.234. The third kappa shape index (κ3) is 14.1. The van der Waals surface area contributed by atoms with E-state index < -0.39 is 36.0 Å². The monoisotopic (exact) mass is 605 g/mol. The lowest BCUT2D eigenvalue weighted by molar-refractivity contribution is -0.492. The molecule has 238 valence electrons. The number of carbonyl (C=O) groups excluding carboxylic acids is 1. The summed E-state index contributed by atoms with van der Waals surface area (Å²) in [7, 11) is 0. The minimum Gasteiger partial charge on any atom is -0.491 e. The zero-order valence-corrected chi connectivity index (χ0v) is 23.4. The van der Waals surface area contributed by atoms with Crippen molar-refractivity contribution in [3.63, 3.8) is 0 Å². The third-order valence-corrected chi connectivity index (χ3v) is 6.89. The second kappa shape index (κ2) is 18.9. The Bertz CT molecular complexity index is 974. The smallest absolute Gasteiger partial charge is 0.416 e. The Hall–Kier alpha value is -2.52. The van der Waals surface area contributed by atoms with Crippen LogP contribution in [-0.4, -0.2) is 75.2 Å². The first-order chi connectivity index (χ1) is 20.0. The summed E-state index contributed by atoms with van der Waals surface area (Å²) in [4.78, 5) is 16.3. The first kappa shape index (κ1) is 35.7. The molecule has 0 aliphatic heterocycles. The Labute approximate surface area is 243 Å². The van der Waals surface area contributed by atoms with Crippen molar-refractivity contribution in [1.82, 2.24) is 5.39 Å². The summed E-state index contributed by atoms with van der Waals surface area (Å²) in [5.41, 5.74) is -0.851. The van der Waals surface area contributed by atoms with Gasteiger partial charge in [0.25, 0.3) is 0 Å². The fourth-order valence-corrected chi connectivity index (χ4v) is 4.66. The van der Waals surface area contributed by atoms with Crippen LogP contribution in [0.15, 0.2) is 48.6 Å². The van der Waals surface area contributed by atoms with Crippen molar-refractivity contribution in [1.29, 1.82) is 0 Å². The molecule has 2 rings (SSSR count). The number of alkyl halides is 3. The van der Waals surface area contributed by atoms with Crippen LogP contribution in [0.5, 0.6) is 5.75 Å². The van der Waals surface area contributed by atoms with Gasteiger partial charge in [0, 0.05) is 18.8 Å². The first-order valence-electron chi connectivity index (χ1n) is 14.1. The predicted molar refractivity (Wildman–Crippen MR) is 144 cm³/mol. The summed E-state index contributed by atoms with van der Waals surface area (Å²) in [5.74, 6) is -1.01. The number of esters is 1. The van der Waals surface area contributed by atoms with Crippen LogP contribution in [0.1, 0.15) is 63.4 Å². The molecule has 0 heterocycles. The molecule has 1 aliphatic rings. The highest BCUT2D eigenvalue weighted by atomic mass is 19.4. The third-order valence-electron chi connectivity index (χ3n) is 6.89. The van der Waals surface area contributed by atoms with E-state index in [4.69, 9.17) is 19.9 Å². The summed E-state index contributed by atoms with van der Waals surface area (Å²) in [6, 6.07) is 4.37. The second-order valence-corrected chi connectivity index (χ2v) is 10.2. The number of nitrogens with zero attached hydrogens (tertiary/aromatic N) is 1. The molecule has 0 radical (unpaired) electrons. The summed E-state index contributed by atoms with van der Waals surface area (Å²) in [5, 5.41) is 47.5. The van der Waals surface area contributed by atoms with Crippen LogP contribution < -0.4 is 4.74 Å². The van der Waals surface area contributed by atoms with Crippen LogP contribution in [0.3, 0.4) is 0 Å². The van der Waals surface area contributed by atoms with Crippen LogP contribution >= 0.6 is 0 Å². The number of hydrogen-bond donors (Lipinski definition) is 5. The molecule has 42 heavy (non-hydrogen) atoms. The summed E-state index contributed by atoms with van der Waals surface area (Å²) in [6.07, 6.45) is 4.82. The number of ether oxygens (including phenoxy) is 2. The van der Waals surface area contributed by atoms with Crippen molar-refractivity contribution in [3.8, 4) is 5.75 Å². The minimum absolute atomic E-state index is 0.0244. The van der Waals surface area contributed by atoms with E-state index in [9.17, 15) is 33.3 Å². The van der Waals surface area contributed by atoms with Gasteiger partial charge in [-0.25, -0.2) is 0 Å². The van der Waals surface area contributed by atoms with E-state index in [1.54, 1.807) is 6.08 Å². The molecule has 0 aromatic heterocycles. The molecule has 0 spiro atoms. The average Bonchev–Trinajstić information content (AvgIpc) is 3.20. The van der Waals surface area contributed by atoms with E-state index in [2.05, 4.69) is 4.84 Å². The van der Waals surface area contributed by atoms with E-state index in [-0.39, 0.29) is 49.1 Å². The molecule has 1 aliphatic carbocycles. The number of unbranched alkanes of at least 4 members (excludes halogenated alkanes) is 4. The molecule has 0 unspecified atom stereocenters. The molecule has 1 fully saturated rings. The normalized spacial score (nSPS) is 21.9. The fourth-order valence-electron chi connectivity index (χ4n) is 4.66. The minimum atomic E-state index is -4.50. The Kier molecular flexibility index (Phi) is 16.1. The highest BCUT2D eigenvalue weighted by Gasteiger charge is 2.39. The molecule has 13 heteroatoms. The van der Waals surface area contributed by atoms with Gasteiger partial charge in [0.15, 0.2) is 0 Å². The van der Waals surface area contributed by atoms with Crippen LogP contribution in [0.2, 0.25) is 0 Å². The number of aliphatic hydroxyl groups is 3. The molecule has 5 N–H and O–H groups in total. The van der Waals surface area contributed by atoms with Crippen molar-refractivity contribution < 1.29 is 58.0 Å². The number of benzene rings is 1. The Balaban J connectivity index is 1.65. The number of aliphatic hydroxyl groups excluding tert-OH is 3. The zero-order valence-electron chi connectivity index (χ0n) is 23.4. The molecule has 5 atom stereocenters. The van der Waals surface area contributed by atoms with Gasteiger partial charge in [0.2, 0.25) is 0 Å². The standard InChI is InChI=1S/C29H42F3NO9/c30-29(31,32)21-10-9-11-23(18-21)41-20-22(34)14-15-25-24(26(35)19-27(25)36)12-5-1-2-6-13-28(37)40-16-7-3-4-8-17-42-33(38)39/h1,5,9-11,14-15,18,22,24-27,34-36,38-39H,2-4,6-8,12-13,16-17,19-20H2/b5-1-,15-14+/t22-,24-,25-,26+,27-/m1/s1. The van der Waals surface area contributed by atoms with Crippen molar-refractivity contribution in [2.45, 2.75) is 82.3 Å². The summed E-state index contributed by atoms with van der Waals surface area (Å²) < 4.78 is 49.0. The number of hydrogen-bond acceptors (Lipinski definition) is 10. The molecule has 0 bridgehead atoms. The zero-order chi connectivity index (χ0) is 31.0. The number of carbonyl (C=O) groups is 1. The predicted octanol–water partition coefficient (Wildman–Crippen LogP) is 4.59. The number of halogens is 3. The first-order valence-corrected chi connectivity index (χ1v) is 14.1. The van der Waals surface area contributed by atoms with Gasteiger partial charge in [0.05, 0.1) is 36.4 Å². The molecule has 1 saturated carbocycles. The summed E-state index contributed by atoms with van der Waals surface area (Å²) >= 11 is 0. The van der Waals surface area contributed by atoms with E-state index in [1.165, 1.54) is 18.2 Å². The van der Waals surface area contributed by atoms with E-state index in [0.29, 0.717) is 38.7 Å². The van der Waals surface area contributed by atoms with Crippen molar-refractivity contribution >= 4 is 5.97 Å². The van der Waals surface area contributed by atoms with Crippen LogP contribution in [0.25, 0.3) is 0 Å². The maximum Gasteiger partial charge on any atom is 0.416 e. The molecule has 10 nitrogen and oxygen atoms in total. The van der Waals surface area contributed by atoms with E-state index in [1.807, 2.05) is 12.2 Å². The Morgan fingerprint density at radius 3 is 2.50 bits per heavy atom. The topological polar surface area (TPSA) is 149 Å². The average molecular weight is 606 g/mol. The maximum atomic E-state index is 12.9. The molecule has 0 saturated heterocycles. The fraction of sp³-hybridized carbons (Fsp3) is 0.621. The quantitative estimate of drug-likeness (QED) is 0.0656. The van der Waals surface area contributed by atoms with Crippen LogP contribution in [0.4, 0.5) is 13.2 Å². The van der Waals surface area contributed by atoms with Gasteiger partial charge >= 0.3 is 12.1 Å². The highest BCUT2D eigenvalue weighted by Crippen LogP contribution is 2.36. The van der Waals surface area contributed by atoms with Gasteiger partial charge in [-0.15, -0.1) is 0 Å². The second-order valence-electron chi connectivity index (χ2n) is 10.2. The van der Waals surface area contributed by atoms with Gasteiger partial charge in [-0.3, -0.25) is 20.0 Å².